The maximum absolute atomic E-state index is 13.6. The summed E-state index contributed by atoms with van der Waals surface area (Å²) in [7, 11) is 1.48. The van der Waals surface area contributed by atoms with Crippen LogP contribution in [-0.2, 0) is 27.9 Å². The molecule has 3 unspecified atom stereocenters. The number of quaternary nitrogens is 1. The van der Waals surface area contributed by atoms with Gasteiger partial charge in [0.2, 0.25) is 5.91 Å². The van der Waals surface area contributed by atoms with Crippen molar-refractivity contribution in [2.75, 3.05) is 40.9 Å². The predicted molar refractivity (Wildman–Crippen MR) is 392 cm³/mol. The Kier molecular flexibility index (Phi) is 65.1. The van der Waals surface area contributed by atoms with Gasteiger partial charge in [-0.25, -0.2) is 4.57 Å². The number of rotatable bonds is 66. The number of unbranched alkanes of at least 4 members (excludes halogenated alkanes) is 30. The molecule has 90 heavy (non-hydrogen) atoms. The lowest BCUT2D eigenvalue weighted by molar-refractivity contribution is -0.870. The third kappa shape index (κ3) is 68.5. The van der Waals surface area contributed by atoms with Gasteiger partial charge in [0, 0.05) is 12.8 Å². The van der Waals surface area contributed by atoms with Crippen LogP contribution in [0.3, 0.4) is 0 Å². The number of carbonyl (C=O) groups excluding carboxylic acids is 2. The highest BCUT2D eigenvalue weighted by Gasteiger charge is 2.30. The number of hydrogen-bond acceptors (Lipinski definition) is 6. The fraction of sp³-hybridized carbons (Fsp3) is 0.700. The lowest BCUT2D eigenvalue weighted by Gasteiger charge is -2.27. The van der Waals surface area contributed by atoms with Gasteiger partial charge in [-0.1, -0.05) is 309 Å². The zero-order valence-electron chi connectivity index (χ0n) is 59.1. The predicted octanol–water partition coefficient (Wildman–Crippen LogP) is 24.0. The number of amides is 1. The Morgan fingerprint density at radius 3 is 1.07 bits per heavy atom. The molecule has 0 aromatic rings. The van der Waals surface area contributed by atoms with Gasteiger partial charge >= 0.3 is 13.8 Å². The van der Waals surface area contributed by atoms with Gasteiger partial charge in [0.1, 0.15) is 19.3 Å². The van der Waals surface area contributed by atoms with Gasteiger partial charge in [-0.2, -0.15) is 0 Å². The highest BCUT2D eigenvalue weighted by Crippen LogP contribution is 2.43. The van der Waals surface area contributed by atoms with Crippen LogP contribution in [0.25, 0.3) is 0 Å². The van der Waals surface area contributed by atoms with Gasteiger partial charge in [-0.15, -0.1) is 0 Å². The van der Waals surface area contributed by atoms with E-state index in [0.29, 0.717) is 17.4 Å². The van der Waals surface area contributed by atoms with E-state index in [4.69, 9.17) is 13.8 Å². The molecule has 0 aromatic carbocycles. The summed E-state index contributed by atoms with van der Waals surface area (Å²) in [6.07, 6.45) is 97.5. The number of phosphoric ester groups is 1. The van der Waals surface area contributed by atoms with Gasteiger partial charge in [0.15, 0.2) is 0 Å². The van der Waals surface area contributed by atoms with Gasteiger partial charge in [-0.3, -0.25) is 18.6 Å². The summed E-state index contributed by atoms with van der Waals surface area (Å²) in [6.45, 7) is 6.79. The van der Waals surface area contributed by atoms with Crippen LogP contribution >= 0.6 is 7.82 Å². The van der Waals surface area contributed by atoms with E-state index in [0.717, 1.165) is 135 Å². The van der Waals surface area contributed by atoms with Crippen LogP contribution < -0.4 is 5.32 Å². The van der Waals surface area contributed by atoms with E-state index < -0.39 is 20.0 Å². The van der Waals surface area contributed by atoms with E-state index in [1.807, 2.05) is 33.3 Å². The van der Waals surface area contributed by atoms with Crippen LogP contribution in [0.1, 0.15) is 310 Å². The van der Waals surface area contributed by atoms with E-state index in [-0.39, 0.29) is 31.5 Å². The number of likely N-dealkylation sites (N-methyl/N-ethyl adjacent to an activating group) is 1. The van der Waals surface area contributed by atoms with Gasteiger partial charge in [0.25, 0.3) is 0 Å². The Morgan fingerprint density at radius 1 is 0.400 bits per heavy atom. The van der Waals surface area contributed by atoms with Crippen LogP contribution in [0.2, 0.25) is 0 Å². The van der Waals surface area contributed by atoms with Gasteiger partial charge in [0.05, 0.1) is 33.8 Å². The summed E-state index contributed by atoms with van der Waals surface area (Å²) in [5.41, 5.74) is 0. The molecule has 0 aliphatic rings. The highest BCUT2D eigenvalue weighted by molar-refractivity contribution is 7.47. The molecule has 0 rings (SSSR count). The van der Waals surface area contributed by atoms with Crippen LogP contribution in [0.4, 0.5) is 0 Å². The summed E-state index contributed by atoms with van der Waals surface area (Å²) < 4.78 is 30.9. The minimum Gasteiger partial charge on any atom is -0.456 e. The molecular formula is C80H140N2O7P+. The first-order valence-electron chi connectivity index (χ1n) is 37.0. The monoisotopic (exact) mass is 1270 g/mol. The molecule has 2 N–H and O–H groups in total. The van der Waals surface area contributed by atoms with E-state index >= 15 is 0 Å². The van der Waals surface area contributed by atoms with Crippen molar-refractivity contribution in [2.24, 2.45) is 0 Å². The molecular weight excluding hydrogens is 1130 g/mol. The molecule has 0 saturated heterocycles. The van der Waals surface area contributed by atoms with Crippen LogP contribution in [0.5, 0.6) is 0 Å². The molecule has 10 heteroatoms. The summed E-state index contributed by atoms with van der Waals surface area (Å²) in [5.74, 6) is -0.517. The standard InChI is InChI=1S/C80H139N2O7P/c1-7-10-13-16-19-22-25-28-30-32-34-36-38-40-41-43-45-47-49-51-53-55-58-61-64-67-70-73-80(84)89-78(71-68-65-62-59-56-27-24-21-18-15-12-9-3)77(76-88-90(85,86)87-75-74-82(4,5)6)81-79(83)72-69-66-63-60-57-54-52-50-48-46-44-42-39-37-35-33-31-29-26-23-20-17-14-11-8-2/h10-11,13-14,19-20,22-23,28-31,34-37,40-42,44,68,71,77-78H,7-9,12,15-18,21,24-27,32-33,38-39,43,45-67,69-70,72-76H2,1-6H3,(H-,81,83,85,86)/p+1/b13-10-,14-11-,22-19-,23-20-,30-28-,31-29-,36-34-,37-35-,41-40-,44-42-,71-68+. The van der Waals surface area contributed by atoms with Gasteiger partial charge < -0.3 is 19.4 Å². The molecule has 0 bridgehead atoms. The minimum absolute atomic E-state index is 0.0325. The van der Waals surface area contributed by atoms with Crippen molar-refractivity contribution in [1.29, 1.82) is 0 Å². The molecule has 0 fully saturated rings. The first-order valence-corrected chi connectivity index (χ1v) is 38.5. The molecule has 516 valence electrons. The lowest BCUT2D eigenvalue weighted by Crippen LogP contribution is -2.47. The Balaban J connectivity index is 5.05. The number of esters is 1. The molecule has 3 atom stereocenters. The van der Waals surface area contributed by atoms with Crippen molar-refractivity contribution in [3.8, 4) is 0 Å². The topological polar surface area (TPSA) is 111 Å². The molecule has 0 aliphatic heterocycles. The minimum atomic E-state index is -4.47. The summed E-state index contributed by atoms with van der Waals surface area (Å²) in [4.78, 5) is 38.0. The van der Waals surface area contributed by atoms with E-state index in [1.54, 1.807) is 0 Å². The van der Waals surface area contributed by atoms with Crippen molar-refractivity contribution >= 4 is 19.7 Å². The fourth-order valence-electron chi connectivity index (χ4n) is 10.2. The van der Waals surface area contributed by atoms with Crippen LogP contribution in [0.15, 0.2) is 134 Å². The van der Waals surface area contributed by atoms with E-state index in [9.17, 15) is 19.0 Å². The summed E-state index contributed by atoms with van der Waals surface area (Å²) in [5, 5.41) is 3.07. The van der Waals surface area contributed by atoms with Crippen molar-refractivity contribution in [3.05, 3.63) is 134 Å². The van der Waals surface area contributed by atoms with Gasteiger partial charge in [-0.05, 0) is 122 Å². The molecule has 0 heterocycles. The second-order valence-electron chi connectivity index (χ2n) is 25.7. The molecule has 0 aliphatic carbocycles. The zero-order valence-corrected chi connectivity index (χ0v) is 60.0. The number of nitrogens with one attached hydrogen (secondary N) is 1. The zero-order chi connectivity index (χ0) is 65.6. The smallest absolute Gasteiger partial charge is 0.456 e. The molecule has 0 saturated carbocycles. The van der Waals surface area contributed by atoms with Crippen molar-refractivity contribution in [3.63, 3.8) is 0 Å². The summed E-state index contributed by atoms with van der Waals surface area (Å²) in [6, 6.07) is -0.863. The number of carbonyl (C=O) groups is 2. The van der Waals surface area contributed by atoms with Crippen LogP contribution in [0, 0.1) is 0 Å². The number of phosphoric acid groups is 1. The fourth-order valence-corrected chi connectivity index (χ4v) is 11.0. The first kappa shape index (κ1) is 86.2. The summed E-state index contributed by atoms with van der Waals surface area (Å²) >= 11 is 0. The Morgan fingerprint density at radius 2 is 0.711 bits per heavy atom. The quantitative estimate of drug-likeness (QED) is 0.0205. The number of allylic oxidation sites excluding steroid dienone is 21. The number of nitrogens with zero attached hydrogens (tertiary/aromatic N) is 1. The average molecular weight is 1270 g/mol. The first-order chi connectivity index (χ1) is 43.9. The van der Waals surface area contributed by atoms with E-state index in [1.165, 1.54) is 141 Å². The Bertz CT molecular complexity index is 2000. The van der Waals surface area contributed by atoms with E-state index in [2.05, 4.69) is 148 Å². The highest BCUT2D eigenvalue weighted by atomic mass is 31.2. The third-order valence-corrected chi connectivity index (χ3v) is 16.8. The number of ether oxygens (including phenoxy) is 1. The second-order valence-corrected chi connectivity index (χ2v) is 27.2. The number of hydrogen-bond donors (Lipinski definition) is 2. The van der Waals surface area contributed by atoms with Crippen molar-refractivity contribution < 1.29 is 37.3 Å². The van der Waals surface area contributed by atoms with Crippen molar-refractivity contribution in [1.82, 2.24) is 5.32 Å². The maximum Gasteiger partial charge on any atom is 0.472 e. The second kappa shape index (κ2) is 68.0. The maximum atomic E-state index is 13.6. The molecule has 0 spiro atoms. The third-order valence-electron chi connectivity index (χ3n) is 15.8. The lowest BCUT2D eigenvalue weighted by atomic mass is 10.0. The van der Waals surface area contributed by atoms with Crippen molar-refractivity contribution in [2.45, 2.75) is 322 Å². The SMILES string of the molecule is CC/C=C\C/C=C\C/C=C\C/C=C\C/C=C\CCCCCCCCCCCCCC(=O)OC(/C=C/CCCCCCCCCCCC)C(COP(=O)(O)OCC[N+](C)(C)C)NC(=O)CCCCCCCCCCC/C=C\C/C=C\C/C=C\C/C=C\C/C=C\CC. The average Bonchev–Trinajstić information content (AvgIpc) is 3.12. The Hall–Kier alpha value is -3.85. The van der Waals surface area contributed by atoms with Crippen LogP contribution in [-0.4, -0.2) is 74.3 Å². The molecule has 9 nitrogen and oxygen atoms in total. The molecule has 1 amide bonds. The molecule has 0 aromatic heterocycles. The largest absolute Gasteiger partial charge is 0.472 e. The normalized spacial score (nSPS) is 14.3. The Labute approximate surface area is 556 Å². The molecule has 0 radical (unpaired) electrons.